The molecule has 1 N–H and O–H groups in total. The molecule has 0 aliphatic heterocycles. The zero-order valence-electron chi connectivity index (χ0n) is 9.46. The van der Waals surface area contributed by atoms with E-state index in [1.165, 1.54) is 16.7 Å². The molecule has 0 spiro atoms. The van der Waals surface area contributed by atoms with E-state index in [9.17, 15) is 4.79 Å². The lowest BCUT2D eigenvalue weighted by atomic mass is 10.4. The van der Waals surface area contributed by atoms with Crippen molar-refractivity contribution in [2.75, 3.05) is 20.2 Å². The Balaban J connectivity index is 2.52. The Kier molecular flexibility index (Phi) is 5.28. The van der Waals surface area contributed by atoms with Crippen molar-refractivity contribution < 1.29 is 9.90 Å². The molecule has 16 heavy (non-hydrogen) atoms. The van der Waals surface area contributed by atoms with Gasteiger partial charge in [0.2, 0.25) is 5.91 Å². The Morgan fingerprint density at radius 1 is 1.62 bits per heavy atom. The van der Waals surface area contributed by atoms with Gasteiger partial charge < -0.3 is 10.0 Å². The number of carbonyl (C=O) groups is 1. The normalized spacial score (nSPS) is 12.2. The van der Waals surface area contributed by atoms with Crippen LogP contribution in [-0.4, -0.2) is 46.3 Å². The molecular formula is C11H16N2O2S. The maximum atomic E-state index is 11.8. The molecule has 88 valence electrons. The number of carbonyl (C=O) groups excluding carboxylic acids is 1. The van der Waals surface area contributed by atoms with Crippen molar-refractivity contribution in [1.82, 2.24) is 9.88 Å². The highest BCUT2D eigenvalue weighted by Crippen LogP contribution is 2.21. The predicted molar refractivity (Wildman–Crippen MR) is 64.3 cm³/mol. The van der Waals surface area contributed by atoms with Gasteiger partial charge in [0.15, 0.2) is 0 Å². The Morgan fingerprint density at radius 2 is 2.38 bits per heavy atom. The standard InChI is InChI=1S/C11H16N2O2S/c1-9(11(15)13(2)7-8-14)16-10-5-3-4-6-12-10/h3-6,9,14H,7-8H2,1-2H3. The maximum absolute atomic E-state index is 11.8. The number of aromatic nitrogens is 1. The minimum atomic E-state index is -0.188. The highest BCUT2D eigenvalue weighted by atomic mass is 32.2. The molecule has 1 unspecified atom stereocenters. The SMILES string of the molecule is CC(Sc1ccccn1)C(=O)N(C)CCO. The predicted octanol–water partition coefficient (Wildman–Crippen LogP) is 1.01. The molecule has 1 rings (SSSR count). The van der Waals surface area contributed by atoms with Gasteiger partial charge in [0.25, 0.3) is 0 Å². The second kappa shape index (κ2) is 6.50. The van der Waals surface area contributed by atoms with Gasteiger partial charge in [-0.1, -0.05) is 17.8 Å². The third-order valence-electron chi connectivity index (χ3n) is 2.09. The topological polar surface area (TPSA) is 53.4 Å². The van der Waals surface area contributed by atoms with Gasteiger partial charge in [-0.05, 0) is 19.1 Å². The molecule has 5 heteroatoms. The van der Waals surface area contributed by atoms with Crippen molar-refractivity contribution in [2.24, 2.45) is 0 Å². The Bertz CT molecular complexity index is 332. The van der Waals surface area contributed by atoms with Crippen LogP contribution in [0.15, 0.2) is 29.4 Å². The van der Waals surface area contributed by atoms with Crippen LogP contribution in [0.2, 0.25) is 0 Å². The molecule has 0 aliphatic carbocycles. The molecule has 0 saturated carbocycles. The Labute approximate surface area is 99.7 Å². The van der Waals surface area contributed by atoms with Crippen LogP contribution in [0, 0.1) is 0 Å². The summed E-state index contributed by atoms with van der Waals surface area (Å²) < 4.78 is 0. The number of pyridine rings is 1. The number of amides is 1. The second-order valence-corrected chi connectivity index (χ2v) is 4.77. The fraction of sp³-hybridized carbons (Fsp3) is 0.455. The van der Waals surface area contributed by atoms with Crippen LogP contribution in [-0.2, 0) is 4.79 Å². The van der Waals surface area contributed by atoms with Crippen LogP contribution in [0.25, 0.3) is 0 Å². The number of aliphatic hydroxyl groups is 1. The van der Waals surface area contributed by atoms with Gasteiger partial charge in [0.05, 0.1) is 16.9 Å². The molecule has 0 radical (unpaired) electrons. The van der Waals surface area contributed by atoms with E-state index in [0.717, 1.165) is 5.03 Å². The molecule has 1 amide bonds. The van der Waals surface area contributed by atoms with Gasteiger partial charge >= 0.3 is 0 Å². The highest BCUT2D eigenvalue weighted by molar-refractivity contribution is 8.00. The van der Waals surface area contributed by atoms with Gasteiger partial charge in [-0.25, -0.2) is 4.98 Å². The molecule has 0 bridgehead atoms. The number of thioether (sulfide) groups is 1. The van der Waals surface area contributed by atoms with Crippen molar-refractivity contribution >= 4 is 17.7 Å². The minimum absolute atomic E-state index is 0.00435. The van der Waals surface area contributed by atoms with Crippen molar-refractivity contribution in [3.63, 3.8) is 0 Å². The summed E-state index contributed by atoms with van der Waals surface area (Å²) in [5, 5.41) is 9.39. The third-order valence-corrected chi connectivity index (χ3v) is 3.13. The zero-order chi connectivity index (χ0) is 12.0. The number of nitrogens with zero attached hydrogens (tertiary/aromatic N) is 2. The first-order chi connectivity index (χ1) is 7.65. The van der Waals surface area contributed by atoms with Crippen molar-refractivity contribution in [1.29, 1.82) is 0 Å². The van der Waals surface area contributed by atoms with Gasteiger partial charge in [-0.2, -0.15) is 0 Å². The van der Waals surface area contributed by atoms with Crippen LogP contribution in [0.5, 0.6) is 0 Å². The Hall–Kier alpha value is -1.07. The number of aliphatic hydroxyl groups excluding tert-OH is 1. The molecule has 4 nitrogen and oxygen atoms in total. The molecule has 0 aliphatic rings. The van der Waals surface area contributed by atoms with E-state index in [0.29, 0.717) is 6.54 Å². The van der Waals surface area contributed by atoms with Gasteiger partial charge in [0, 0.05) is 19.8 Å². The fourth-order valence-corrected chi connectivity index (χ4v) is 2.14. The number of hydrogen-bond acceptors (Lipinski definition) is 4. The average Bonchev–Trinajstić information content (AvgIpc) is 2.29. The van der Waals surface area contributed by atoms with E-state index in [1.54, 1.807) is 13.2 Å². The lowest BCUT2D eigenvalue weighted by molar-refractivity contribution is -0.129. The molecular weight excluding hydrogens is 224 g/mol. The Morgan fingerprint density at radius 3 is 2.94 bits per heavy atom. The molecule has 1 heterocycles. The molecule has 0 fully saturated rings. The van der Waals surface area contributed by atoms with E-state index in [-0.39, 0.29) is 17.8 Å². The first-order valence-electron chi connectivity index (χ1n) is 5.08. The van der Waals surface area contributed by atoms with Crippen LogP contribution < -0.4 is 0 Å². The second-order valence-electron chi connectivity index (χ2n) is 3.41. The summed E-state index contributed by atoms with van der Waals surface area (Å²) >= 11 is 1.42. The molecule has 0 aromatic carbocycles. The fourth-order valence-electron chi connectivity index (χ4n) is 1.22. The largest absolute Gasteiger partial charge is 0.395 e. The smallest absolute Gasteiger partial charge is 0.235 e. The summed E-state index contributed by atoms with van der Waals surface area (Å²) in [5.41, 5.74) is 0. The summed E-state index contributed by atoms with van der Waals surface area (Å²) in [6.07, 6.45) is 1.71. The summed E-state index contributed by atoms with van der Waals surface area (Å²) in [6.45, 7) is 2.20. The van der Waals surface area contributed by atoms with Crippen LogP contribution in [0.4, 0.5) is 0 Å². The maximum Gasteiger partial charge on any atom is 0.235 e. The lowest BCUT2D eigenvalue weighted by Gasteiger charge is -2.19. The van der Waals surface area contributed by atoms with Gasteiger partial charge in [0.1, 0.15) is 0 Å². The first kappa shape index (κ1) is 13.0. The number of hydrogen-bond donors (Lipinski definition) is 1. The summed E-state index contributed by atoms with van der Waals surface area (Å²) in [4.78, 5) is 17.5. The molecule has 1 atom stereocenters. The first-order valence-corrected chi connectivity index (χ1v) is 5.96. The van der Waals surface area contributed by atoms with E-state index in [4.69, 9.17) is 5.11 Å². The van der Waals surface area contributed by atoms with E-state index >= 15 is 0 Å². The summed E-state index contributed by atoms with van der Waals surface area (Å²) in [6, 6.07) is 5.61. The van der Waals surface area contributed by atoms with E-state index < -0.39 is 0 Å². The summed E-state index contributed by atoms with van der Waals surface area (Å²) in [5.74, 6) is 0.00435. The third kappa shape index (κ3) is 3.83. The monoisotopic (exact) mass is 240 g/mol. The number of rotatable bonds is 5. The zero-order valence-corrected chi connectivity index (χ0v) is 10.3. The van der Waals surface area contributed by atoms with Crippen molar-refractivity contribution in [3.05, 3.63) is 24.4 Å². The highest BCUT2D eigenvalue weighted by Gasteiger charge is 2.18. The van der Waals surface area contributed by atoms with Gasteiger partial charge in [-0.15, -0.1) is 0 Å². The van der Waals surface area contributed by atoms with Crippen molar-refractivity contribution in [3.8, 4) is 0 Å². The molecule has 0 saturated heterocycles. The minimum Gasteiger partial charge on any atom is -0.395 e. The van der Waals surface area contributed by atoms with Crippen LogP contribution >= 0.6 is 11.8 Å². The molecule has 1 aromatic rings. The summed E-state index contributed by atoms with van der Waals surface area (Å²) in [7, 11) is 1.69. The van der Waals surface area contributed by atoms with Gasteiger partial charge in [-0.3, -0.25) is 4.79 Å². The van der Waals surface area contributed by atoms with E-state index in [1.807, 2.05) is 25.1 Å². The average molecular weight is 240 g/mol. The molecule has 1 aromatic heterocycles. The van der Waals surface area contributed by atoms with Crippen molar-refractivity contribution in [2.45, 2.75) is 17.2 Å². The quantitative estimate of drug-likeness (QED) is 0.781. The van der Waals surface area contributed by atoms with Crippen LogP contribution in [0.3, 0.4) is 0 Å². The van der Waals surface area contributed by atoms with E-state index in [2.05, 4.69) is 4.98 Å². The lowest BCUT2D eigenvalue weighted by Crippen LogP contribution is -2.35. The number of likely N-dealkylation sites (N-methyl/N-ethyl adjacent to an activating group) is 1. The van der Waals surface area contributed by atoms with Crippen LogP contribution in [0.1, 0.15) is 6.92 Å².